The number of carboxylic acid groups (broad SMARTS) is 2. The van der Waals surface area contributed by atoms with Gasteiger partial charge in [0.05, 0.1) is 22.7 Å². The van der Waals surface area contributed by atoms with Gasteiger partial charge in [0, 0.05) is 140 Å². The molecule has 0 saturated carbocycles. The van der Waals surface area contributed by atoms with Crippen LogP contribution in [0, 0.1) is 0 Å². The lowest BCUT2D eigenvalue weighted by atomic mass is 10.2. The summed E-state index contributed by atoms with van der Waals surface area (Å²) in [5, 5.41) is 19.8. The summed E-state index contributed by atoms with van der Waals surface area (Å²) in [4.78, 5) is 74.1. The van der Waals surface area contributed by atoms with E-state index < -0.39 is 23.6 Å². The van der Waals surface area contributed by atoms with Crippen molar-refractivity contribution in [2.45, 2.75) is 84.5 Å². The molecule has 4 heterocycles. The molecule has 0 unspecified atom stereocenters. The van der Waals surface area contributed by atoms with Crippen LogP contribution >= 0.6 is 46.7 Å². The highest BCUT2D eigenvalue weighted by Gasteiger charge is 2.26. The van der Waals surface area contributed by atoms with Gasteiger partial charge >= 0.3 is 30.0 Å². The second-order valence-electron chi connectivity index (χ2n) is 20.6. The number of nitrogens with one attached hydrogen (secondary N) is 1. The van der Waals surface area contributed by atoms with Gasteiger partial charge in [0.15, 0.2) is 0 Å². The van der Waals surface area contributed by atoms with Crippen molar-refractivity contribution in [2.75, 3.05) is 128 Å². The van der Waals surface area contributed by atoms with Crippen molar-refractivity contribution in [1.29, 1.82) is 0 Å². The fourth-order valence-electron chi connectivity index (χ4n) is 9.31. The molecule has 22 heteroatoms. The average Bonchev–Trinajstić information content (AvgIpc) is 3.52. The quantitative estimate of drug-likeness (QED) is 0.0236. The number of carboxylic acids is 2. The molecule has 4 aromatic carbocycles. The first-order chi connectivity index (χ1) is 38.9. The van der Waals surface area contributed by atoms with Crippen LogP contribution in [0.4, 0.5) is 27.5 Å². The number of hydrogen-bond donors (Lipinski definition) is 4. The molecule has 0 radical (unpaired) electrons. The van der Waals surface area contributed by atoms with Gasteiger partial charge in [-0.15, -0.1) is 0 Å². The molecule has 5 N–H and O–H groups in total. The van der Waals surface area contributed by atoms with Crippen LogP contribution in [0.5, 0.6) is 0 Å². The van der Waals surface area contributed by atoms with Crippen molar-refractivity contribution in [1.82, 2.24) is 24.9 Å². The molecule has 2 saturated heterocycles. The molecule has 0 bridgehead atoms. The van der Waals surface area contributed by atoms with E-state index in [1.54, 1.807) is 11.8 Å². The van der Waals surface area contributed by atoms with E-state index in [2.05, 4.69) is 108 Å². The number of anilines is 4. The van der Waals surface area contributed by atoms with Crippen molar-refractivity contribution in [3.05, 3.63) is 107 Å². The lowest BCUT2D eigenvalue weighted by Gasteiger charge is -2.36. The summed E-state index contributed by atoms with van der Waals surface area (Å²) in [5.74, 6) is -2.88. The molecular formula is C59H78Cl2N8O10S2. The molecule has 0 spiro atoms. The predicted octanol–water partition coefficient (Wildman–Crippen LogP) is 9.74. The van der Waals surface area contributed by atoms with Gasteiger partial charge in [-0.1, -0.05) is 71.0 Å². The number of hydrogen-bond acceptors (Lipinski definition) is 17. The summed E-state index contributed by atoms with van der Waals surface area (Å²) in [6.45, 7) is 20.9. The normalized spacial score (nSPS) is 15.4. The number of nitrogens with two attached hydrogens (primary N) is 1. The third-order valence-corrected chi connectivity index (χ3v) is 16.1. The Balaban J connectivity index is 0.000000233. The van der Waals surface area contributed by atoms with E-state index in [1.807, 2.05) is 44.7 Å². The summed E-state index contributed by atoms with van der Waals surface area (Å²) in [5.41, 5.74) is 9.81. The number of aliphatic carboxylic acids is 2. The van der Waals surface area contributed by atoms with Crippen molar-refractivity contribution in [3.63, 3.8) is 0 Å². The first-order valence-electron chi connectivity index (χ1n) is 27.6. The summed E-state index contributed by atoms with van der Waals surface area (Å²) in [6, 6.07) is 29.5. The third-order valence-electron chi connectivity index (χ3n) is 13.3. The van der Waals surface area contributed by atoms with Gasteiger partial charge < -0.3 is 55.1 Å². The van der Waals surface area contributed by atoms with Gasteiger partial charge in [-0.2, -0.15) is 0 Å². The molecule has 0 aliphatic carbocycles. The van der Waals surface area contributed by atoms with E-state index in [0.29, 0.717) is 57.7 Å². The molecule has 8 rings (SSSR count). The van der Waals surface area contributed by atoms with Crippen molar-refractivity contribution in [2.24, 2.45) is 5.73 Å². The molecule has 0 aromatic heterocycles. The highest BCUT2D eigenvalue weighted by atomic mass is 35.5. The van der Waals surface area contributed by atoms with Gasteiger partial charge in [0.25, 0.3) is 0 Å². The molecular weight excluding hydrogens is 1120 g/mol. The highest BCUT2D eigenvalue weighted by Crippen LogP contribution is 2.50. The smallest absolute Gasteiger partial charge is 0.407 e. The number of halogens is 2. The summed E-state index contributed by atoms with van der Waals surface area (Å²) in [6.07, 6.45) is 4.71. The number of amides is 1. The maximum atomic E-state index is 12.0. The molecule has 2 fully saturated rings. The number of esters is 2. The first kappa shape index (κ1) is 64.6. The monoisotopic (exact) mass is 1190 g/mol. The van der Waals surface area contributed by atoms with Crippen molar-refractivity contribution < 1.29 is 48.4 Å². The number of para-hydroxylation sites is 2. The lowest BCUT2D eigenvalue weighted by molar-refractivity contribution is -0.145. The van der Waals surface area contributed by atoms with Crippen LogP contribution < -0.4 is 20.9 Å². The number of fused-ring (bicyclic) bond motifs is 4. The van der Waals surface area contributed by atoms with E-state index in [9.17, 15) is 24.0 Å². The van der Waals surface area contributed by atoms with Crippen LogP contribution in [0.25, 0.3) is 0 Å². The van der Waals surface area contributed by atoms with Gasteiger partial charge in [0.2, 0.25) is 0 Å². The van der Waals surface area contributed by atoms with E-state index in [4.69, 9.17) is 53.4 Å². The summed E-state index contributed by atoms with van der Waals surface area (Å²) < 4.78 is 15.9. The van der Waals surface area contributed by atoms with Crippen LogP contribution in [0.1, 0.15) is 59.3 Å². The van der Waals surface area contributed by atoms with E-state index >= 15 is 0 Å². The number of piperazine rings is 2. The Hall–Kier alpha value is -5.55. The number of carbonyl (C=O) groups is 5. The van der Waals surface area contributed by atoms with Crippen LogP contribution in [-0.4, -0.2) is 183 Å². The zero-order chi connectivity index (χ0) is 58.2. The minimum absolute atomic E-state index is 0.139. The maximum absolute atomic E-state index is 12.0. The Kier molecular flexibility index (Phi) is 26.7. The van der Waals surface area contributed by atoms with Gasteiger partial charge in [-0.05, 0) is 127 Å². The lowest BCUT2D eigenvalue weighted by Crippen LogP contribution is -2.47. The molecule has 4 aromatic rings. The summed E-state index contributed by atoms with van der Waals surface area (Å²) in [7, 11) is 0. The number of ether oxygens (including phenoxy) is 3. The Labute approximate surface area is 495 Å². The minimum Gasteiger partial charge on any atom is -0.478 e. The minimum atomic E-state index is -1.26. The number of rotatable bonds is 23. The Morgan fingerprint density at radius 1 is 0.556 bits per heavy atom. The Bertz CT molecular complexity index is 2700. The van der Waals surface area contributed by atoms with Crippen LogP contribution in [0.15, 0.2) is 117 Å². The molecule has 1 amide bonds. The van der Waals surface area contributed by atoms with E-state index in [0.717, 1.165) is 115 Å². The number of carbonyl (C=O) groups excluding carboxylic acids is 3. The van der Waals surface area contributed by atoms with Crippen molar-refractivity contribution >= 4 is 99.4 Å². The van der Waals surface area contributed by atoms with E-state index in [-0.39, 0.29) is 18.4 Å². The fourth-order valence-corrected chi connectivity index (χ4v) is 11.8. The number of alkyl carbamates (subject to hydrolysis) is 1. The maximum Gasteiger partial charge on any atom is 0.407 e. The van der Waals surface area contributed by atoms with Gasteiger partial charge in [-0.25, -0.2) is 14.4 Å². The molecule has 18 nitrogen and oxygen atoms in total. The van der Waals surface area contributed by atoms with Crippen molar-refractivity contribution in [3.8, 4) is 0 Å². The van der Waals surface area contributed by atoms with Gasteiger partial charge in [0.1, 0.15) is 18.8 Å². The Morgan fingerprint density at radius 2 is 0.951 bits per heavy atom. The fraction of sp³-hybridized carbons (Fsp3) is 0.475. The second-order valence-corrected chi connectivity index (χ2v) is 23.7. The van der Waals surface area contributed by atoms with Crippen LogP contribution in [0.3, 0.4) is 0 Å². The largest absolute Gasteiger partial charge is 0.478 e. The molecule has 440 valence electrons. The van der Waals surface area contributed by atoms with E-state index in [1.165, 1.54) is 42.3 Å². The third kappa shape index (κ3) is 22.6. The zero-order valence-electron chi connectivity index (χ0n) is 46.7. The average molecular weight is 1190 g/mol. The molecule has 4 aliphatic heterocycles. The SMILES string of the molecule is CC(C)(C)OC(=O)NCCCC(=O)OCCN1CCN(CCCN2c3ccccc3Sc3ccc(Cl)cc32)CC1.NCCCC(=O)OCCN1CCN(CCCN2c3ccccc3Sc3ccc(Cl)cc32)CC1.O=C(O)/C=C\C(=O)O. The standard InChI is InChI=1S/C30H41ClN4O4S.C25H33ClN4O2S.C4H4O4/c1-30(2,3)39-29(37)32-13-6-10-28(36)38-21-20-34-18-16-33(17-19-34)14-7-15-35-24-8-4-5-9-26(24)40-27-12-11-23(31)22-25(27)35;26-20-8-9-24-22(19-20)30(21-5-1-2-6-23(21)33-24)12-4-11-28-13-15-29(16-14-28)17-18-32-25(31)7-3-10-27;5-3(6)1-2-4(7)8/h4-5,8-9,11-12,22H,6-7,10,13-21H2,1-3H3,(H,32,37);1-2,5-6,8-9,19H,3-4,7,10-18,27H2;1-2H,(H,5,6)(H,7,8)/b;;2-1-. The van der Waals surface area contributed by atoms with Crippen LogP contribution in [-0.2, 0) is 33.4 Å². The number of benzene rings is 4. The molecule has 0 atom stereocenters. The van der Waals surface area contributed by atoms with Gasteiger partial charge in [-0.3, -0.25) is 19.4 Å². The molecule has 81 heavy (non-hydrogen) atoms. The summed E-state index contributed by atoms with van der Waals surface area (Å²) >= 11 is 16.3. The topological polar surface area (TPSA) is 211 Å². The zero-order valence-corrected chi connectivity index (χ0v) is 49.8. The highest BCUT2D eigenvalue weighted by molar-refractivity contribution is 8.00. The number of nitrogens with zero attached hydrogens (tertiary/aromatic N) is 6. The van der Waals surface area contributed by atoms with Crippen LogP contribution in [0.2, 0.25) is 10.0 Å². The Morgan fingerprint density at radius 3 is 1.36 bits per heavy atom. The molecule has 4 aliphatic rings. The second kappa shape index (κ2) is 33.5. The first-order valence-corrected chi connectivity index (χ1v) is 30.0. The predicted molar refractivity (Wildman–Crippen MR) is 321 cm³/mol.